The van der Waals surface area contributed by atoms with Gasteiger partial charge in [0.15, 0.2) is 5.96 Å². The summed E-state index contributed by atoms with van der Waals surface area (Å²) in [5.74, 6) is -4.44. The van der Waals surface area contributed by atoms with Crippen molar-refractivity contribution >= 4 is 58.1 Å². The Morgan fingerprint density at radius 3 is 2.12 bits per heavy atom. The van der Waals surface area contributed by atoms with Crippen molar-refractivity contribution in [1.82, 2.24) is 47.4 Å². The number of carbonyl (C=O) groups is 7. The van der Waals surface area contributed by atoms with Gasteiger partial charge in [-0.2, -0.15) is 0 Å². The highest BCUT2D eigenvalue weighted by molar-refractivity contribution is 5.95. The Labute approximate surface area is 417 Å². The second-order valence-corrected chi connectivity index (χ2v) is 17.4. The molecule has 4 aromatic rings. The highest BCUT2D eigenvalue weighted by atomic mass is 16.4. The molecular formula is C50H66N12O10. The van der Waals surface area contributed by atoms with Gasteiger partial charge in [-0.25, -0.2) is 0 Å². The number of aliphatic hydroxyl groups is 1. The lowest BCUT2D eigenvalue weighted by Gasteiger charge is -2.32. The second kappa shape index (κ2) is 28.3. The van der Waals surface area contributed by atoms with Crippen molar-refractivity contribution in [2.45, 2.75) is 75.5 Å². The van der Waals surface area contributed by atoms with Gasteiger partial charge in [0.1, 0.15) is 30.1 Å². The molecule has 1 aliphatic rings. The van der Waals surface area contributed by atoms with E-state index in [4.69, 9.17) is 16.6 Å². The van der Waals surface area contributed by atoms with Crippen LogP contribution in [-0.4, -0.2) is 151 Å². The number of fused-ring (bicyclic) bond motifs is 1. The molecule has 0 radical (unpaired) electrons. The van der Waals surface area contributed by atoms with E-state index >= 15 is 0 Å². The number of benzene rings is 4. The molecule has 0 aliphatic carbocycles. The van der Waals surface area contributed by atoms with Crippen molar-refractivity contribution in [2.75, 3.05) is 52.9 Å². The summed E-state index contributed by atoms with van der Waals surface area (Å²) in [5.41, 5.74) is 13.6. The first kappa shape index (κ1) is 55.3. The van der Waals surface area contributed by atoms with Crippen molar-refractivity contribution in [3.63, 3.8) is 0 Å². The fourth-order valence-corrected chi connectivity index (χ4v) is 7.95. The number of guanidine groups is 1. The van der Waals surface area contributed by atoms with E-state index in [2.05, 4.69) is 47.5 Å². The molecule has 1 fully saturated rings. The number of aliphatic carboxylic acids is 1. The lowest BCUT2D eigenvalue weighted by molar-refractivity contribution is -0.142. The first-order valence-electron chi connectivity index (χ1n) is 23.7. The predicted octanol–water partition coefficient (Wildman–Crippen LogP) is -1.32. The molecule has 22 heteroatoms. The Bertz CT molecular complexity index is 2510. The molecule has 15 N–H and O–H groups in total. The summed E-state index contributed by atoms with van der Waals surface area (Å²) in [5, 5.41) is 54.6. The number of aliphatic imine (C=N–C) groups is 1. The smallest absolute Gasteiger partial charge is 0.317 e. The fraction of sp³-hybridized carbons (Fsp3) is 0.400. The average molecular weight is 995 g/mol. The first-order valence-corrected chi connectivity index (χ1v) is 23.7. The van der Waals surface area contributed by atoms with Crippen LogP contribution in [0.3, 0.4) is 0 Å². The van der Waals surface area contributed by atoms with Gasteiger partial charge in [0.25, 0.3) is 5.91 Å². The minimum Gasteiger partial charge on any atom is -0.508 e. The van der Waals surface area contributed by atoms with Crippen LogP contribution in [0.4, 0.5) is 0 Å². The van der Waals surface area contributed by atoms with E-state index in [-0.39, 0.29) is 88.9 Å². The normalized spacial score (nSPS) is 19.0. The van der Waals surface area contributed by atoms with Gasteiger partial charge >= 0.3 is 5.97 Å². The van der Waals surface area contributed by atoms with Crippen LogP contribution in [-0.2, 0) is 48.2 Å². The number of carboxylic acids is 1. The third-order valence-electron chi connectivity index (χ3n) is 11.8. The lowest BCUT2D eigenvalue weighted by Crippen LogP contribution is -2.58. The summed E-state index contributed by atoms with van der Waals surface area (Å²) >= 11 is 0. The largest absolute Gasteiger partial charge is 0.508 e. The van der Waals surface area contributed by atoms with Crippen LogP contribution in [0.2, 0.25) is 0 Å². The Hall–Kier alpha value is -7.66. The second-order valence-electron chi connectivity index (χ2n) is 17.4. The molecule has 0 bridgehead atoms. The molecule has 5 rings (SSSR count). The fourth-order valence-electron chi connectivity index (χ4n) is 7.95. The number of phenols is 1. The SMILES string of the molecule is CN1C(=O)[C@@H](Cc2ccc(O)cc2)NC(=O)CNC(O)[C@H](Cc2ccc3ccccc3c2)NC(=O)[C@H](CCCN=C(N)N)NC(=O)[C@H]1CCCNC(=O)c1ccc(CNC(=O)CNCCNCC(=O)O)cc1. The van der Waals surface area contributed by atoms with Gasteiger partial charge in [-0.05, 0) is 83.8 Å². The van der Waals surface area contributed by atoms with E-state index in [1.807, 2.05) is 42.5 Å². The van der Waals surface area contributed by atoms with Gasteiger partial charge in [-0.1, -0.05) is 66.7 Å². The number of phenolic OH excluding ortho intramolecular Hbond substituents is 1. The number of nitrogens with two attached hydrogens (primary N) is 2. The molecule has 0 spiro atoms. The van der Waals surface area contributed by atoms with E-state index in [0.717, 1.165) is 21.9 Å². The summed E-state index contributed by atoms with van der Waals surface area (Å²) in [7, 11) is 1.41. The van der Waals surface area contributed by atoms with Crippen molar-refractivity contribution in [3.05, 3.63) is 113 Å². The van der Waals surface area contributed by atoms with Gasteiger partial charge in [0.2, 0.25) is 29.5 Å². The van der Waals surface area contributed by atoms with E-state index in [1.54, 1.807) is 36.4 Å². The summed E-state index contributed by atoms with van der Waals surface area (Å²) in [6.45, 7) is 0.606. The molecule has 5 atom stereocenters. The van der Waals surface area contributed by atoms with Crippen LogP contribution >= 0.6 is 0 Å². The molecule has 1 unspecified atom stereocenters. The number of carbonyl (C=O) groups excluding carboxylic acids is 6. The van der Waals surface area contributed by atoms with Crippen LogP contribution in [0, 0.1) is 0 Å². The Morgan fingerprint density at radius 2 is 1.42 bits per heavy atom. The van der Waals surface area contributed by atoms with Gasteiger partial charge in [0.05, 0.1) is 25.7 Å². The number of aromatic hydroxyl groups is 1. The zero-order chi connectivity index (χ0) is 52.0. The molecule has 386 valence electrons. The van der Waals surface area contributed by atoms with Crippen LogP contribution in [0.5, 0.6) is 5.75 Å². The molecular weight excluding hydrogens is 929 g/mol. The van der Waals surface area contributed by atoms with Crippen molar-refractivity contribution in [3.8, 4) is 5.75 Å². The Kier molecular flexibility index (Phi) is 21.7. The van der Waals surface area contributed by atoms with Crippen LogP contribution in [0.1, 0.15) is 52.7 Å². The van der Waals surface area contributed by atoms with Gasteiger partial charge in [-0.3, -0.25) is 43.9 Å². The van der Waals surface area contributed by atoms with Crippen molar-refractivity contribution < 1.29 is 48.9 Å². The molecule has 0 aromatic heterocycles. The maximum Gasteiger partial charge on any atom is 0.317 e. The lowest BCUT2D eigenvalue weighted by atomic mass is 10.00. The Morgan fingerprint density at radius 1 is 0.736 bits per heavy atom. The highest BCUT2D eigenvalue weighted by Crippen LogP contribution is 2.19. The standard InChI is InChI=1S/C50H66N12O10/c1-62-41(9-5-20-55-45(68)35-16-10-32(11-17-35)27-57-42(64)28-53-22-23-54-30-44(66)67)48(71)60-38(8-4-21-56-50(51)52)47(70)61-39(26-33-12-15-34-6-2-3-7-36(34)24-33)46(69)58-29-43(65)59-40(49(62)72)25-31-13-18-37(63)19-14-31/h2-3,6-7,10-19,24,38-41,46,53-54,58,63,69H,4-5,8-9,20-23,25-30H2,1H3,(H,55,68)(H,57,64)(H,59,65)(H,60,71)(H,61,70)(H,66,67)(H4,51,52,56)/t38-,39-,40+,41+,46?/m0/s1. The number of hydrogen-bond donors (Lipinski definition) is 13. The maximum atomic E-state index is 14.6. The summed E-state index contributed by atoms with van der Waals surface area (Å²) in [4.78, 5) is 98.3. The van der Waals surface area contributed by atoms with Gasteiger partial charge < -0.3 is 68.9 Å². The number of rotatable bonds is 22. The van der Waals surface area contributed by atoms with Crippen LogP contribution in [0.25, 0.3) is 10.8 Å². The highest BCUT2D eigenvalue weighted by Gasteiger charge is 2.35. The van der Waals surface area contributed by atoms with E-state index < -0.39 is 72.4 Å². The summed E-state index contributed by atoms with van der Waals surface area (Å²) in [6.07, 6.45) is -0.864. The monoisotopic (exact) mass is 995 g/mol. The van der Waals surface area contributed by atoms with Gasteiger partial charge in [0, 0.05) is 51.8 Å². The van der Waals surface area contributed by atoms with E-state index in [0.29, 0.717) is 24.2 Å². The number of hydrogen-bond acceptors (Lipinski definition) is 13. The third-order valence-corrected chi connectivity index (χ3v) is 11.8. The van der Waals surface area contributed by atoms with Crippen molar-refractivity contribution in [2.24, 2.45) is 16.5 Å². The minimum absolute atomic E-state index is 0.00457. The number of aliphatic hydroxyl groups excluding tert-OH is 1. The third kappa shape index (κ3) is 18.3. The topological polar surface area (TPSA) is 344 Å². The van der Waals surface area contributed by atoms with E-state index in [1.165, 1.54) is 24.1 Å². The zero-order valence-electron chi connectivity index (χ0n) is 40.2. The zero-order valence-corrected chi connectivity index (χ0v) is 40.2. The first-order chi connectivity index (χ1) is 34.6. The molecule has 0 saturated carbocycles. The van der Waals surface area contributed by atoms with Crippen LogP contribution < -0.4 is 54.0 Å². The predicted molar refractivity (Wildman–Crippen MR) is 269 cm³/mol. The molecule has 6 amide bonds. The number of carboxylic acid groups (broad SMARTS) is 1. The number of nitrogens with zero attached hydrogens (tertiary/aromatic N) is 2. The number of likely N-dealkylation sites (N-methyl/N-ethyl adjacent to an activating group) is 1. The van der Waals surface area contributed by atoms with Crippen LogP contribution in [0.15, 0.2) is 96.0 Å². The summed E-state index contributed by atoms with van der Waals surface area (Å²) < 4.78 is 0. The number of nitrogens with one attached hydrogen (secondary N) is 8. The molecule has 1 aliphatic heterocycles. The Balaban J connectivity index is 1.32. The molecule has 1 saturated heterocycles. The molecule has 22 nitrogen and oxygen atoms in total. The average Bonchev–Trinajstić information content (AvgIpc) is 3.36. The minimum atomic E-state index is -1.47. The van der Waals surface area contributed by atoms with Crippen molar-refractivity contribution in [1.29, 1.82) is 0 Å². The molecule has 72 heavy (non-hydrogen) atoms. The molecule has 1 heterocycles. The summed E-state index contributed by atoms with van der Waals surface area (Å²) in [6, 6.07) is 21.5. The quantitative estimate of drug-likeness (QED) is 0.0247. The molecule has 4 aromatic carbocycles. The maximum absolute atomic E-state index is 14.6. The van der Waals surface area contributed by atoms with E-state index in [9.17, 15) is 43.8 Å². The van der Waals surface area contributed by atoms with Gasteiger partial charge in [-0.15, -0.1) is 0 Å². The number of amides is 6.